The fourth-order valence-corrected chi connectivity index (χ4v) is 4.29. The number of hydrogen-bond acceptors (Lipinski definition) is 5. The first-order valence-corrected chi connectivity index (χ1v) is 9.62. The predicted molar refractivity (Wildman–Crippen MR) is 110 cm³/mol. The molecule has 1 aliphatic rings. The van der Waals surface area contributed by atoms with Crippen LogP contribution in [0, 0.1) is 0 Å². The summed E-state index contributed by atoms with van der Waals surface area (Å²) in [5, 5.41) is 11.1. The lowest BCUT2D eigenvalue weighted by molar-refractivity contribution is -0.0612. The van der Waals surface area contributed by atoms with Crippen LogP contribution in [0.3, 0.4) is 0 Å². The Bertz CT molecular complexity index is 1100. The third-order valence-corrected chi connectivity index (χ3v) is 5.91. The molecule has 7 heteroatoms. The monoisotopic (exact) mass is 392 g/mol. The van der Waals surface area contributed by atoms with E-state index in [1.54, 1.807) is 29.3 Å². The number of carbonyl (C=O) groups is 1. The van der Waals surface area contributed by atoms with E-state index in [-0.39, 0.29) is 12.1 Å². The van der Waals surface area contributed by atoms with Crippen LogP contribution >= 0.6 is 0 Å². The number of likely N-dealkylation sites (N-methyl/N-ethyl adjacent to an activating group) is 1. The summed E-state index contributed by atoms with van der Waals surface area (Å²) in [6.45, 7) is 0.572. The summed E-state index contributed by atoms with van der Waals surface area (Å²) in [6.07, 6.45) is 2.68. The van der Waals surface area contributed by atoms with Crippen molar-refractivity contribution in [3.8, 4) is 0 Å². The van der Waals surface area contributed by atoms with E-state index < -0.39 is 23.1 Å². The number of rotatable bonds is 3. The van der Waals surface area contributed by atoms with E-state index in [0.29, 0.717) is 18.6 Å². The summed E-state index contributed by atoms with van der Waals surface area (Å²) in [5.74, 6) is -0.403. The van der Waals surface area contributed by atoms with E-state index in [1.165, 1.54) is 10.6 Å². The van der Waals surface area contributed by atoms with Crippen molar-refractivity contribution in [3.63, 3.8) is 0 Å². The van der Waals surface area contributed by atoms with Gasteiger partial charge in [0.25, 0.3) is 11.5 Å². The predicted octanol–water partition coefficient (Wildman–Crippen LogP) is 1.36. The number of likely N-dealkylation sites (tertiary alicyclic amines) is 1. The molecule has 0 spiro atoms. The second-order valence-electron chi connectivity index (χ2n) is 7.61. The van der Waals surface area contributed by atoms with E-state index in [1.807, 2.05) is 49.3 Å². The normalized spacial score (nSPS) is 22.2. The number of benzene rings is 1. The van der Waals surface area contributed by atoms with E-state index in [2.05, 4.69) is 4.98 Å². The zero-order chi connectivity index (χ0) is 20.6. The lowest BCUT2D eigenvalue weighted by Crippen LogP contribution is -2.61. The van der Waals surface area contributed by atoms with Crippen LogP contribution in [0.15, 0.2) is 65.7 Å². The molecule has 4 rings (SSSR count). The third-order valence-electron chi connectivity index (χ3n) is 5.91. The van der Waals surface area contributed by atoms with Gasteiger partial charge in [0.1, 0.15) is 11.2 Å². The molecule has 1 fully saturated rings. The number of aromatic nitrogens is 2. The fraction of sp³-hybridized carbons (Fsp3) is 0.318. The first kappa shape index (κ1) is 19.3. The average molecular weight is 392 g/mol. The minimum atomic E-state index is -0.797. The van der Waals surface area contributed by atoms with Gasteiger partial charge >= 0.3 is 0 Å². The molecule has 29 heavy (non-hydrogen) atoms. The maximum Gasteiger partial charge on any atom is 0.270 e. The molecule has 2 atom stereocenters. The molecule has 1 aromatic carbocycles. The standard InChI is InChI=1S/C22H24N4O3/c1-24(2)22(16-8-4-3-5-9-16)11-13-25(15-18(22)27)20(28)17-14-23-19-10-6-7-12-26(19)21(17)29/h3-10,12,14,18,27H,11,13,15H2,1-2H3/t18-,22+/m1/s1. The molecule has 3 heterocycles. The van der Waals surface area contributed by atoms with E-state index in [0.717, 1.165) is 5.56 Å². The van der Waals surface area contributed by atoms with Crippen molar-refractivity contribution in [1.82, 2.24) is 19.2 Å². The molecule has 0 unspecified atom stereocenters. The van der Waals surface area contributed by atoms with Crippen molar-refractivity contribution < 1.29 is 9.90 Å². The Morgan fingerprint density at radius 3 is 2.59 bits per heavy atom. The molecule has 1 saturated heterocycles. The minimum absolute atomic E-state index is 0.0120. The third kappa shape index (κ3) is 3.12. The van der Waals surface area contributed by atoms with Crippen molar-refractivity contribution in [2.24, 2.45) is 0 Å². The number of amides is 1. The summed E-state index contributed by atoms with van der Waals surface area (Å²) in [5.41, 5.74) is 0.523. The lowest BCUT2D eigenvalue weighted by atomic mass is 9.77. The first-order valence-electron chi connectivity index (χ1n) is 9.62. The quantitative estimate of drug-likeness (QED) is 0.728. The molecule has 0 radical (unpaired) electrons. The van der Waals surface area contributed by atoms with Gasteiger partial charge in [0.2, 0.25) is 0 Å². The van der Waals surface area contributed by atoms with Crippen LogP contribution in [0.4, 0.5) is 0 Å². The van der Waals surface area contributed by atoms with Gasteiger partial charge < -0.3 is 10.0 Å². The number of nitrogens with zero attached hydrogens (tertiary/aromatic N) is 4. The molecule has 0 saturated carbocycles. The van der Waals surface area contributed by atoms with E-state index >= 15 is 0 Å². The molecular weight excluding hydrogens is 368 g/mol. The number of carbonyl (C=O) groups excluding carboxylic acids is 1. The fourth-order valence-electron chi connectivity index (χ4n) is 4.29. The van der Waals surface area contributed by atoms with Crippen molar-refractivity contribution in [3.05, 3.63) is 82.4 Å². The Morgan fingerprint density at radius 2 is 1.90 bits per heavy atom. The van der Waals surface area contributed by atoms with Crippen molar-refractivity contribution >= 4 is 11.6 Å². The topological polar surface area (TPSA) is 78.1 Å². The molecule has 0 bridgehead atoms. The highest BCUT2D eigenvalue weighted by molar-refractivity contribution is 5.94. The highest BCUT2D eigenvalue weighted by atomic mass is 16.3. The van der Waals surface area contributed by atoms with Crippen LogP contribution in [-0.2, 0) is 5.54 Å². The second kappa shape index (κ2) is 7.42. The smallest absolute Gasteiger partial charge is 0.270 e. The van der Waals surface area contributed by atoms with Crippen LogP contribution in [-0.4, -0.2) is 63.5 Å². The van der Waals surface area contributed by atoms with Crippen LogP contribution < -0.4 is 5.56 Å². The number of piperidine rings is 1. The largest absolute Gasteiger partial charge is 0.389 e. The molecule has 0 aliphatic carbocycles. The average Bonchev–Trinajstić information content (AvgIpc) is 2.74. The van der Waals surface area contributed by atoms with Crippen LogP contribution in [0.5, 0.6) is 0 Å². The van der Waals surface area contributed by atoms with E-state index in [9.17, 15) is 14.7 Å². The molecule has 1 amide bonds. The summed E-state index contributed by atoms with van der Waals surface area (Å²) in [4.78, 5) is 33.6. The molecular formula is C22H24N4O3. The van der Waals surface area contributed by atoms with Crippen molar-refractivity contribution in [2.75, 3.05) is 27.2 Å². The maximum atomic E-state index is 13.1. The van der Waals surface area contributed by atoms with Gasteiger partial charge in [0.15, 0.2) is 0 Å². The Morgan fingerprint density at radius 1 is 1.17 bits per heavy atom. The van der Waals surface area contributed by atoms with Gasteiger partial charge in [-0.3, -0.25) is 18.9 Å². The Labute approximate surface area is 168 Å². The molecule has 1 aliphatic heterocycles. The SMILES string of the molecule is CN(C)[C@]1(c2ccccc2)CCN(C(=O)c2cnc3ccccn3c2=O)C[C@H]1O. The van der Waals surface area contributed by atoms with Gasteiger partial charge in [-0.05, 0) is 38.2 Å². The lowest BCUT2D eigenvalue weighted by Gasteiger charge is -2.49. The molecule has 1 N–H and O–H groups in total. The van der Waals surface area contributed by atoms with Crippen molar-refractivity contribution in [2.45, 2.75) is 18.1 Å². The highest BCUT2D eigenvalue weighted by Gasteiger charge is 2.46. The van der Waals surface area contributed by atoms with Gasteiger partial charge in [-0.1, -0.05) is 36.4 Å². The number of β-amino-alcohol motifs (C(OH)–C–C–N with tert-alkyl or cyclic N) is 1. The minimum Gasteiger partial charge on any atom is -0.389 e. The molecule has 2 aromatic heterocycles. The second-order valence-corrected chi connectivity index (χ2v) is 7.61. The molecule has 7 nitrogen and oxygen atoms in total. The summed E-state index contributed by atoms with van der Waals surface area (Å²) in [6, 6.07) is 15.1. The van der Waals surface area contributed by atoms with Gasteiger partial charge in [-0.15, -0.1) is 0 Å². The Kier molecular flexibility index (Phi) is 4.94. The van der Waals surface area contributed by atoms with E-state index in [4.69, 9.17) is 0 Å². The zero-order valence-corrected chi connectivity index (χ0v) is 16.5. The maximum absolute atomic E-state index is 13.1. The summed E-state index contributed by atoms with van der Waals surface area (Å²) < 4.78 is 1.36. The number of aliphatic hydroxyl groups is 1. The van der Waals surface area contributed by atoms with Crippen LogP contribution in [0.2, 0.25) is 0 Å². The molecule has 150 valence electrons. The first-order chi connectivity index (χ1) is 13.9. The summed E-state index contributed by atoms with van der Waals surface area (Å²) in [7, 11) is 3.88. The highest BCUT2D eigenvalue weighted by Crippen LogP contribution is 2.37. The van der Waals surface area contributed by atoms with Gasteiger partial charge in [-0.2, -0.15) is 0 Å². The number of pyridine rings is 1. The summed E-state index contributed by atoms with van der Waals surface area (Å²) >= 11 is 0. The van der Waals surface area contributed by atoms with Gasteiger partial charge in [-0.25, -0.2) is 4.98 Å². The zero-order valence-electron chi connectivity index (χ0n) is 16.5. The Balaban J connectivity index is 1.64. The number of aliphatic hydroxyl groups excluding tert-OH is 1. The van der Waals surface area contributed by atoms with Gasteiger partial charge in [0.05, 0.1) is 11.6 Å². The molecule has 3 aromatic rings. The number of fused-ring (bicyclic) bond motifs is 1. The van der Waals surface area contributed by atoms with Gasteiger partial charge in [0, 0.05) is 25.5 Å². The van der Waals surface area contributed by atoms with Crippen LogP contribution in [0.25, 0.3) is 5.65 Å². The number of hydrogen-bond donors (Lipinski definition) is 1. The van der Waals surface area contributed by atoms with Crippen LogP contribution in [0.1, 0.15) is 22.3 Å². The Hall–Kier alpha value is -3.03. The van der Waals surface area contributed by atoms with Crippen molar-refractivity contribution in [1.29, 1.82) is 0 Å².